The zero-order valence-electron chi connectivity index (χ0n) is 8.76. The topological polar surface area (TPSA) is 83.0 Å². The Hall–Kier alpha value is -2.09. The summed E-state index contributed by atoms with van der Waals surface area (Å²) in [5.41, 5.74) is 6.47. The molecule has 1 amide bonds. The average Bonchev–Trinajstić information content (AvgIpc) is 2.77. The summed E-state index contributed by atoms with van der Waals surface area (Å²) in [6.45, 7) is 1.34. The van der Waals surface area contributed by atoms with E-state index in [2.05, 4.69) is 11.2 Å². The first-order valence-corrected chi connectivity index (χ1v) is 5.11. The minimum atomic E-state index is -0.460. The van der Waals surface area contributed by atoms with Gasteiger partial charge in [0.2, 0.25) is 0 Å². The third-order valence-corrected chi connectivity index (χ3v) is 2.82. The average molecular weight is 216 g/mol. The molecule has 1 atom stereocenters. The lowest BCUT2D eigenvalue weighted by Crippen LogP contribution is -2.18. The molecule has 1 fully saturated rings. The summed E-state index contributed by atoms with van der Waals surface area (Å²) in [4.78, 5) is 17.1. The van der Waals surface area contributed by atoms with Crippen molar-refractivity contribution in [1.29, 1.82) is 5.26 Å². The molecule has 1 aliphatic heterocycles. The molecule has 0 spiro atoms. The highest BCUT2D eigenvalue weighted by Gasteiger charge is 2.27. The maximum absolute atomic E-state index is 11.2. The number of nitrogens with zero attached hydrogens (tertiary/aromatic N) is 3. The molecule has 82 valence electrons. The highest BCUT2D eigenvalue weighted by Crippen LogP contribution is 2.27. The third kappa shape index (κ3) is 1.82. The third-order valence-electron chi connectivity index (χ3n) is 2.82. The lowest BCUT2D eigenvalue weighted by atomic mass is 9.99. The smallest absolute Gasteiger partial charge is 0.250 e. The molecule has 2 rings (SSSR count). The van der Waals surface area contributed by atoms with Crippen LogP contribution in [-0.4, -0.2) is 28.9 Å². The lowest BCUT2D eigenvalue weighted by molar-refractivity contribution is 0.0998. The highest BCUT2D eigenvalue weighted by atomic mass is 16.1. The summed E-state index contributed by atoms with van der Waals surface area (Å²) >= 11 is 0. The van der Waals surface area contributed by atoms with Crippen LogP contribution in [0.1, 0.15) is 28.4 Å². The van der Waals surface area contributed by atoms with Gasteiger partial charge in [-0.1, -0.05) is 0 Å². The Morgan fingerprint density at radius 2 is 2.50 bits per heavy atom. The molecule has 1 unspecified atom stereocenters. The molecule has 0 bridgehead atoms. The highest BCUT2D eigenvalue weighted by molar-refractivity contribution is 5.94. The van der Waals surface area contributed by atoms with E-state index in [1.807, 2.05) is 0 Å². The van der Waals surface area contributed by atoms with Crippen LogP contribution in [-0.2, 0) is 0 Å². The minimum Gasteiger partial charge on any atom is -0.366 e. The summed E-state index contributed by atoms with van der Waals surface area (Å²) in [6.07, 6.45) is 4.59. The maximum atomic E-state index is 11.2. The van der Waals surface area contributed by atoms with Gasteiger partial charge in [-0.05, 0) is 18.6 Å². The summed E-state index contributed by atoms with van der Waals surface area (Å²) < 4.78 is 0. The molecule has 1 aliphatic rings. The van der Waals surface area contributed by atoms with Crippen molar-refractivity contribution in [2.75, 3.05) is 13.1 Å². The van der Waals surface area contributed by atoms with Crippen LogP contribution in [0.25, 0.3) is 0 Å². The number of aromatic nitrogens is 1. The van der Waals surface area contributed by atoms with E-state index in [0.29, 0.717) is 17.8 Å². The minimum absolute atomic E-state index is 0.128. The van der Waals surface area contributed by atoms with Crippen LogP contribution >= 0.6 is 0 Å². The molecule has 0 radical (unpaired) electrons. The van der Waals surface area contributed by atoms with Gasteiger partial charge in [0.15, 0.2) is 6.19 Å². The van der Waals surface area contributed by atoms with E-state index in [1.165, 1.54) is 0 Å². The molecule has 1 saturated heterocycles. The van der Waals surface area contributed by atoms with E-state index in [9.17, 15) is 4.79 Å². The molecule has 2 N–H and O–H groups in total. The number of primary amides is 1. The van der Waals surface area contributed by atoms with E-state index in [1.54, 1.807) is 23.2 Å². The molecule has 5 nitrogen and oxygen atoms in total. The van der Waals surface area contributed by atoms with Crippen molar-refractivity contribution >= 4 is 5.91 Å². The van der Waals surface area contributed by atoms with Gasteiger partial charge in [-0.2, -0.15) is 5.26 Å². The number of hydrogen-bond donors (Lipinski definition) is 1. The SMILES string of the molecule is N#CN1CCC(c2ncccc2C(N)=O)C1. The van der Waals surface area contributed by atoms with Crippen LogP contribution in [0, 0.1) is 11.5 Å². The summed E-state index contributed by atoms with van der Waals surface area (Å²) in [7, 11) is 0. The number of rotatable bonds is 2. The molecular weight excluding hydrogens is 204 g/mol. The van der Waals surface area contributed by atoms with Gasteiger partial charge in [0.05, 0.1) is 11.3 Å². The Morgan fingerprint density at radius 3 is 3.12 bits per heavy atom. The summed E-state index contributed by atoms with van der Waals surface area (Å²) in [5, 5.41) is 8.77. The monoisotopic (exact) mass is 216 g/mol. The Morgan fingerprint density at radius 1 is 1.69 bits per heavy atom. The predicted octanol–water partition coefficient (Wildman–Crippen LogP) is 0.451. The molecule has 1 aromatic rings. The first-order chi connectivity index (χ1) is 7.72. The Labute approximate surface area is 93.5 Å². The number of likely N-dealkylation sites (tertiary alicyclic amines) is 1. The number of pyridine rings is 1. The fourth-order valence-electron chi connectivity index (χ4n) is 2.03. The standard InChI is InChI=1S/C11H12N4O/c12-7-15-5-3-8(6-15)10-9(11(13)16)2-1-4-14-10/h1-2,4,8H,3,5-6H2,(H2,13,16). The van der Waals surface area contributed by atoms with E-state index in [-0.39, 0.29) is 5.92 Å². The summed E-state index contributed by atoms with van der Waals surface area (Å²) in [6, 6.07) is 3.38. The normalized spacial score (nSPS) is 19.4. The van der Waals surface area contributed by atoms with Crippen molar-refractivity contribution in [2.45, 2.75) is 12.3 Å². The van der Waals surface area contributed by atoms with Gasteiger partial charge < -0.3 is 10.6 Å². The van der Waals surface area contributed by atoms with Crippen LogP contribution in [0.3, 0.4) is 0 Å². The largest absolute Gasteiger partial charge is 0.366 e. The van der Waals surface area contributed by atoms with Gasteiger partial charge in [-0.25, -0.2) is 0 Å². The van der Waals surface area contributed by atoms with Gasteiger partial charge in [0.1, 0.15) is 0 Å². The van der Waals surface area contributed by atoms with Crippen LogP contribution in [0.2, 0.25) is 0 Å². The van der Waals surface area contributed by atoms with Gasteiger partial charge in [0.25, 0.3) is 5.91 Å². The van der Waals surface area contributed by atoms with Crippen molar-refractivity contribution in [2.24, 2.45) is 5.73 Å². The number of nitrogens with two attached hydrogens (primary N) is 1. The number of carbonyl (C=O) groups excluding carboxylic acids is 1. The van der Waals surface area contributed by atoms with E-state index in [4.69, 9.17) is 11.0 Å². The fraction of sp³-hybridized carbons (Fsp3) is 0.364. The molecule has 0 saturated carbocycles. The number of nitriles is 1. The van der Waals surface area contributed by atoms with Crippen LogP contribution < -0.4 is 5.73 Å². The number of carbonyl (C=O) groups is 1. The zero-order valence-corrected chi connectivity index (χ0v) is 8.76. The van der Waals surface area contributed by atoms with E-state index >= 15 is 0 Å². The van der Waals surface area contributed by atoms with Gasteiger partial charge >= 0.3 is 0 Å². The Balaban J connectivity index is 2.28. The van der Waals surface area contributed by atoms with Crippen LogP contribution in [0.15, 0.2) is 18.3 Å². The second-order valence-corrected chi connectivity index (χ2v) is 3.83. The Bertz CT molecular complexity index is 452. The second-order valence-electron chi connectivity index (χ2n) is 3.83. The van der Waals surface area contributed by atoms with Crippen molar-refractivity contribution in [3.63, 3.8) is 0 Å². The molecule has 2 heterocycles. The molecule has 0 aromatic carbocycles. The lowest BCUT2D eigenvalue weighted by Gasteiger charge is -2.11. The van der Waals surface area contributed by atoms with Crippen LogP contribution in [0.4, 0.5) is 0 Å². The predicted molar refractivity (Wildman–Crippen MR) is 57.3 cm³/mol. The number of amides is 1. The molecule has 1 aromatic heterocycles. The summed E-state index contributed by atoms with van der Waals surface area (Å²) in [5.74, 6) is -0.332. The first-order valence-electron chi connectivity index (χ1n) is 5.11. The van der Waals surface area contributed by atoms with Crippen LogP contribution in [0.5, 0.6) is 0 Å². The van der Waals surface area contributed by atoms with Gasteiger partial charge in [-0.15, -0.1) is 0 Å². The maximum Gasteiger partial charge on any atom is 0.250 e. The fourth-order valence-corrected chi connectivity index (χ4v) is 2.03. The van der Waals surface area contributed by atoms with Gasteiger partial charge in [0, 0.05) is 25.2 Å². The van der Waals surface area contributed by atoms with E-state index < -0.39 is 5.91 Å². The quantitative estimate of drug-likeness (QED) is 0.727. The van der Waals surface area contributed by atoms with Gasteiger partial charge in [-0.3, -0.25) is 9.78 Å². The molecule has 0 aliphatic carbocycles. The van der Waals surface area contributed by atoms with Crippen molar-refractivity contribution in [1.82, 2.24) is 9.88 Å². The van der Waals surface area contributed by atoms with Crippen molar-refractivity contribution < 1.29 is 4.79 Å². The first kappa shape index (κ1) is 10.4. The number of hydrogen-bond acceptors (Lipinski definition) is 4. The van der Waals surface area contributed by atoms with E-state index in [0.717, 1.165) is 13.0 Å². The Kier molecular flexibility index (Phi) is 2.73. The zero-order chi connectivity index (χ0) is 11.5. The second kappa shape index (κ2) is 4.19. The molecule has 5 heteroatoms. The molecular formula is C11H12N4O. The van der Waals surface area contributed by atoms with Crippen molar-refractivity contribution in [3.05, 3.63) is 29.6 Å². The molecule has 16 heavy (non-hydrogen) atoms. The van der Waals surface area contributed by atoms with Crippen molar-refractivity contribution in [3.8, 4) is 6.19 Å².